The molecule has 184 valence electrons. The molecule has 0 aliphatic rings. The van der Waals surface area contributed by atoms with E-state index in [0.29, 0.717) is 0 Å². The molecule has 0 spiro atoms. The van der Waals surface area contributed by atoms with Crippen molar-refractivity contribution in [1.29, 1.82) is 0 Å². The maximum atomic E-state index is 2.36. The fraction of sp³-hybridized carbons (Fsp3) is 1.00. The molecule has 0 unspecified atom stereocenters. The van der Waals surface area contributed by atoms with Crippen molar-refractivity contribution in [2.75, 3.05) is 26.2 Å². The van der Waals surface area contributed by atoms with Gasteiger partial charge in [-0.15, -0.1) is 0 Å². The molecule has 0 bridgehead atoms. The van der Waals surface area contributed by atoms with Crippen LogP contribution in [0.1, 0.15) is 130 Å². The SMILES string of the molecule is CCCCCCCCCCCC[N+](CCCC)(CCCC)CCCC.O.O.O.[F-]. The van der Waals surface area contributed by atoms with E-state index >= 15 is 0 Å². The molecule has 0 amide bonds. The van der Waals surface area contributed by atoms with E-state index in [1.807, 2.05) is 0 Å². The summed E-state index contributed by atoms with van der Waals surface area (Å²) in [7, 11) is 0. The normalized spacial score (nSPS) is 10.3. The van der Waals surface area contributed by atoms with Gasteiger partial charge in [0.15, 0.2) is 0 Å². The Hall–Kier alpha value is -0.230. The maximum Gasteiger partial charge on any atom is 0.0786 e. The lowest BCUT2D eigenvalue weighted by Gasteiger charge is -2.39. The summed E-state index contributed by atoms with van der Waals surface area (Å²) in [6.45, 7) is 15.1. The Morgan fingerprint density at radius 2 is 0.586 bits per heavy atom. The highest BCUT2D eigenvalue weighted by molar-refractivity contribution is 4.52. The Bertz CT molecular complexity index is 247. The standard InChI is InChI=1S/C24H52N.FH.3H2O/c1-5-9-13-14-15-16-17-18-19-20-24-25(21-10-6-2,22-11-7-3)23-12-8-4;;;;/h5-24H2,1-4H3;1H;3*1H2/q+1;;;;/p-1. The van der Waals surface area contributed by atoms with Gasteiger partial charge in [-0.05, 0) is 32.1 Å². The van der Waals surface area contributed by atoms with Gasteiger partial charge in [0.2, 0.25) is 0 Å². The minimum atomic E-state index is 0. The maximum absolute atomic E-state index is 2.36. The minimum absolute atomic E-state index is 0. The Kier molecular flexibility index (Phi) is 40.6. The van der Waals surface area contributed by atoms with Crippen LogP contribution in [0.25, 0.3) is 0 Å². The van der Waals surface area contributed by atoms with Gasteiger partial charge in [-0.25, -0.2) is 0 Å². The van der Waals surface area contributed by atoms with Gasteiger partial charge >= 0.3 is 0 Å². The molecule has 0 atom stereocenters. The third-order valence-corrected chi connectivity index (χ3v) is 5.94. The van der Waals surface area contributed by atoms with E-state index in [4.69, 9.17) is 0 Å². The summed E-state index contributed by atoms with van der Waals surface area (Å²) in [6.07, 6.45) is 22.9. The lowest BCUT2D eigenvalue weighted by Crippen LogP contribution is -3.00. The third kappa shape index (κ3) is 23.9. The van der Waals surface area contributed by atoms with E-state index < -0.39 is 0 Å². The Morgan fingerprint density at radius 1 is 0.345 bits per heavy atom. The highest BCUT2D eigenvalue weighted by atomic mass is 19.0. The van der Waals surface area contributed by atoms with Crippen molar-refractivity contribution >= 4 is 0 Å². The molecular formula is C24H58FNO3. The summed E-state index contributed by atoms with van der Waals surface area (Å²) < 4.78 is 1.44. The molecule has 0 aromatic rings. The minimum Gasteiger partial charge on any atom is -1.00 e. The molecule has 29 heavy (non-hydrogen) atoms. The average molecular weight is 428 g/mol. The Morgan fingerprint density at radius 3 is 0.897 bits per heavy atom. The Labute approximate surface area is 182 Å². The summed E-state index contributed by atoms with van der Waals surface area (Å²) in [5, 5.41) is 0. The number of hydrogen-bond donors (Lipinski definition) is 0. The van der Waals surface area contributed by atoms with Gasteiger partial charge in [0.1, 0.15) is 0 Å². The number of hydrogen-bond acceptors (Lipinski definition) is 0. The monoisotopic (exact) mass is 427 g/mol. The van der Waals surface area contributed by atoms with Crippen LogP contribution in [0.2, 0.25) is 0 Å². The highest BCUT2D eigenvalue weighted by Crippen LogP contribution is 2.18. The van der Waals surface area contributed by atoms with Crippen LogP contribution in [0.5, 0.6) is 0 Å². The first-order chi connectivity index (χ1) is 12.2. The van der Waals surface area contributed by atoms with E-state index in [9.17, 15) is 0 Å². The lowest BCUT2D eigenvalue weighted by atomic mass is 10.1. The molecule has 0 aromatic heterocycles. The van der Waals surface area contributed by atoms with Gasteiger partial charge in [-0.3, -0.25) is 0 Å². The van der Waals surface area contributed by atoms with Gasteiger partial charge in [-0.1, -0.05) is 98.3 Å². The molecule has 0 heterocycles. The summed E-state index contributed by atoms with van der Waals surface area (Å²) >= 11 is 0. The summed E-state index contributed by atoms with van der Waals surface area (Å²) in [4.78, 5) is 0. The van der Waals surface area contributed by atoms with E-state index in [2.05, 4.69) is 27.7 Å². The molecule has 0 radical (unpaired) electrons. The van der Waals surface area contributed by atoms with Crippen molar-refractivity contribution in [1.82, 2.24) is 0 Å². The van der Waals surface area contributed by atoms with Gasteiger partial charge in [-0.2, -0.15) is 0 Å². The zero-order valence-corrected chi connectivity index (χ0v) is 20.5. The van der Waals surface area contributed by atoms with Crippen molar-refractivity contribution in [3.63, 3.8) is 0 Å². The van der Waals surface area contributed by atoms with Gasteiger partial charge in [0, 0.05) is 0 Å². The molecule has 0 rings (SSSR count). The largest absolute Gasteiger partial charge is 1.00 e. The first-order valence-electron chi connectivity index (χ1n) is 12.1. The van der Waals surface area contributed by atoms with E-state index in [-0.39, 0.29) is 21.1 Å². The molecule has 0 fully saturated rings. The first kappa shape index (κ1) is 39.3. The van der Waals surface area contributed by atoms with Crippen LogP contribution in [-0.4, -0.2) is 47.1 Å². The van der Waals surface area contributed by atoms with Gasteiger partial charge in [0.05, 0.1) is 26.2 Å². The van der Waals surface area contributed by atoms with E-state index in [1.165, 1.54) is 133 Å². The first-order valence-corrected chi connectivity index (χ1v) is 12.1. The van der Waals surface area contributed by atoms with Crippen molar-refractivity contribution in [3.8, 4) is 0 Å². The quantitative estimate of drug-likeness (QED) is 0.211. The van der Waals surface area contributed by atoms with Crippen LogP contribution in [0.3, 0.4) is 0 Å². The molecule has 0 aliphatic heterocycles. The summed E-state index contributed by atoms with van der Waals surface area (Å²) in [5.74, 6) is 0. The van der Waals surface area contributed by atoms with Crippen molar-refractivity contribution in [2.45, 2.75) is 130 Å². The molecule has 0 aromatic carbocycles. The van der Waals surface area contributed by atoms with Crippen LogP contribution in [-0.2, 0) is 0 Å². The van der Waals surface area contributed by atoms with E-state index in [1.54, 1.807) is 0 Å². The second-order valence-electron chi connectivity index (χ2n) is 8.48. The topological polar surface area (TPSA) is 94.5 Å². The zero-order valence-electron chi connectivity index (χ0n) is 20.5. The number of unbranched alkanes of at least 4 members (excludes halogenated alkanes) is 12. The molecular weight excluding hydrogens is 369 g/mol. The average Bonchev–Trinajstić information content (AvgIpc) is 2.64. The smallest absolute Gasteiger partial charge is 0.0786 e. The molecule has 0 saturated carbocycles. The molecule has 0 aliphatic carbocycles. The lowest BCUT2D eigenvalue weighted by molar-refractivity contribution is -0.929. The highest BCUT2D eigenvalue weighted by Gasteiger charge is 2.24. The van der Waals surface area contributed by atoms with Crippen LogP contribution < -0.4 is 4.70 Å². The predicted molar refractivity (Wildman–Crippen MR) is 127 cm³/mol. The van der Waals surface area contributed by atoms with Crippen LogP contribution >= 0.6 is 0 Å². The van der Waals surface area contributed by atoms with Gasteiger partial charge < -0.3 is 25.6 Å². The van der Waals surface area contributed by atoms with Crippen molar-refractivity contribution < 1.29 is 25.6 Å². The molecule has 6 N–H and O–H groups in total. The van der Waals surface area contributed by atoms with Crippen LogP contribution in [0, 0.1) is 0 Å². The fourth-order valence-electron chi connectivity index (χ4n) is 4.09. The van der Waals surface area contributed by atoms with Crippen LogP contribution in [0.15, 0.2) is 0 Å². The summed E-state index contributed by atoms with van der Waals surface area (Å²) in [5.41, 5.74) is 0. The predicted octanol–water partition coefficient (Wildman–Crippen LogP) is 2.65. The second-order valence-corrected chi connectivity index (χ2v) is 8.48. The third-order valence-electron chi connectivity index (χ3n) is 5.94. The number of rotatable bonds is 20. The number of quaternary nitrogens is 1. The molecule has 0 saturated heterocycles. The van der Waals surface area contributed by atoms with Gasteiger partial charge in [0.25, 0.3) is 0 Å². The number of nitrogens with zero attached hydrogens (tertiary/aromatic N) is 1. The number of halogens is 1. The Balaban J connectivity index is -0.000000480. The molecule has 4 nitrogen and oxygen atoms in total. The molecule has 5 heteroatoms. The zero-order chi connectivity index (χ0) is 18.6. The summed E-state index contributed by atoms with van der Waals surface area (Å²) in [6, 6.07) is 0. The van der Waals surface area contributed by atoms with Crippen LogP contribution in [0.4, 0.5) is 0 Å². The fourth-order valence-corrected chi connectivity index (χ4v) is 4.09. The second kappa shape index (κ2) is 30.0. The van der Waals surface area contributed by atoms with Crippen molar-refractivity contribution in [2.24, 2.45) is 0 Å². The van der Waals surface area contributed by atoms with E-state index in [0.717, 1.165) is 0 Å². The van der Waals surface area contributed by atoms with Crippen molar-refractivity contribution in [3.05, 3.63) is 0 Å².